The Morgan fingerprint density at radius 1 is 1.14 bits per heavy atom. The van der Waals surface area contributed by atoms with Crippen LogP contribution in [0.4, 0.5) is 5.13 Å². The molecule has 0 saturated heterocycles. The molecule has 0 N–H and O–H groups in total. The second-order valence-electron chi connectivity index (χ2n) is 9.06. The minimum absolute atomic E-state index is 0.149. The molecule has 4 rings (SSSR count). The van der Waals surface area contributed by atoms with E-state index in [0.717, 1.165) is 27.2 Å². The number of sulfone groups is 1. The molecule has 4 aromatic rings. The van der Waals surface area contributed by atoms with Gasteiger partial charge in [-0.05, 0) is 61.7 Å². The lowest BCUT2D eigenvalue weighted by atomic mass is 10.0. The molecule has 0 unspecified atom stereocenters. The number of benzene rings is 2. The Morgan fingerprint density at radius 2 is 1.86 bits per heavy atom. The normalized spacial score (nSPS) is 11.9. The number of fused-ring (bicyclic) bond motifs is 1. The highest BCUT2D eigenvalue weighted by Gasteiger charge is 2.24. The summed E-state index contributed by atoms with van der Waals surface area (Å²) >= 11 is 7.33. The Hall–Kier alpha value is -2.75. The molecule has 36 heavy (non-hydrogen) atoms. The Balaban J connectivity index is 1.61. The van der Waals surface area contributed by atoms with E-state index in [9.17, 15) is 13.2 Å². The van der Waals surface area contributed by atoms with Crippen LogP contribution in [0.2, 0.25) is 5.02 Å². The number of nitrogens with zero attached hydrogens (tertiary/aromatic N) is 4. The summed E-state index contributed by atoms with van der Waals surface area (Å²) in [5.74, 6) is -0.308. The molecule has 0 saturated carbocycles. The monoisotopic (exact) mass is 544 g/mol. The summed E-state index contributed by atoms with van der Waals surface area (Å²) in [5, 5.41) is 5.52. The molecule has 0 aliphatic carbocycles. The van der Waals surface area contributed by atoms with Crippen molar-refractivity contribution in [2.75, 3.05) is 17.2 Å². The van der Waals surface area contributed by atoms with Gasteiger partial charge in [-0.15, -0.1) is 0 Å². The Labute approximate surface area is 220 Å². The maximum atomic E-state index is 13.5. The van der Waals surface area contributed by atoms with Gasteiger partial charge in [-0.1, -0.05) is 48.9 Å². The van der Waals surface area contributed by atoms with Gasteiger partial charge < -0.3 is 0 Å². The molecule has 0 aliphatic heterocycles. The van der Waals surface area contributed by atoms with Crippen molar-refractivity contribution in [1.82, 2.24) is 14.8 Å². The largest absolute Gasteiger partial charge is 0.286 e. The fourth-order valence-electron chi connectivity index (χ4n) is 4.08. The highest BCUT2D eigenvalue weighted by atomic mass is 35.5. The smallest absolute Gasteiger partial charge is 0.229 e. The van der Waals surface area contributed by atoms with Crippen molar-refractivity contribution in [2.45, 2.75) is 51.5 Å². The molecule has 0 spiro atoms. The molecule has 0 radical (unpaired) electrons. The fraction of sp³-hybridized carbons (Fsp3) is 0.346. The molecular weight excluding hydrogens is 516 g/mol. The first-order valence-corrected chi connectivity index (χ1v) is 14.6. The van der Waals surface area contributed by atoms with E-state index in [1.807, 2.05) is 36.7 Å². The van der Waals surface area contributed by atoms with Gasteiger partial charge in [0.1, 0.15) is 0 Å². The highest BCUT2D eigenvalue weighted by Crippen LogP contribution is 2.34. The van der Waals surface area contributed by atoms with Crippen LogP contribution in [0.3, 0.4) is 0 Å². The lowest BCUT2D eigenvalue weighted by molar-refractivity contribution is -0.118. The summed E-state index contributed by atoms with van der Waals surface area (Å²) < 4.78 is 28.6. The van der Waals surface area contributed by atoms with E-state index in [4.69, 9.17) is 16.6 Å². The van der Waals surface area contributed by atoms with Crippen LogP contribution in [0.15, 0.2) is 53.4 Å². The van der Waals surface area contributed by atoms with Crippen LogP contribution >= 0.6 is 22.9 Å². The average Bonchev–Trinajstić information content (AvgIpc) is 3.40. The van der Waals surface area contributed by atoms with Crippen molar-refractivity contribution in [2.24, 2.45) is 0 Å². The van der Waals surface area contributed by atoms with Crippen molar-refractivity contribution in [3.05, 3.63) is 70.5 Å². The van der Waals surface area contributed by atoms with Gasteiger partial charge in [0.25, 0.3) is 0 Å². The summed E-state index contributed by atoms with van der Waals surface area (Å²) in [7, 11) is -3.64. The predicted molar refractivity (Wildman–Crippen MR) is 146 cm³/mol. The zero-order valence-electron chi connectivity index (χ0n) is 20.7. The van der Waals surface area contributed by atoms with Gasteiger partial charge in [0.05, 0.1) is 33.1 Å². The van der Waals surface area contributed by atoms with Crippen LogP contribution in [0, 0.1) is 13.8 Å². The maximum absolute atomic E-state index is 13.5. The molecule has 0 aliphatic rings. The number of amides is 1. The molecule has 10 heteroatoms. The van der Waals surface area contributed by atoms with E-state index in [0.29, 0.717) is 23.2 Å². The number of aryl methyl sites for hydroxylation is 2. The molecule has 190 valence electrons. The zero-order chi connectivity index (χ0) is 26.0. The first kappa shape index (κ1) is 26.3. The minimum atomic E-state index is -3.64. The second-order valence-corrected chi connectivity index (χ2v) is 12.6. The Bertz CT molecular complexity index is 1490. The maximum Gasteiger partial charge on any atom is 0.229 e. The number of anilines is 1. The fourth-order valence-corrected chi connectivity index (χ4v) is 6.48. The summed E-state index contributed by atoms with van der Waals surface area (Å²) in [6, 6.07) is 14.0. The first-order valence-electron chi connectivity index (χ1n) is 11.7. The third-order valence-electron chi connectivity index (χ3n) is 5.99. The topological polar surface area (TPSA) is 85.2 Å². The van der Waals surface area contributed by atoms with Crippen LogP contribution in [-0.4, -0.2) is 41.4 Å². The van der Waals surface area contributed by atoms with Crippen LogP contribution in [0.25, 0.3) is 10.2 Å². The van der Waals surface area contributed by atoms with E-state index in [-0.39, 0.29) is 28.9 Å². The summed E-state index contributed by atoms with van der Waals surface area (Å²) in [4.78, 5) is 20.0. The lowest BCUT2D eigenvalue weighted by Crippen LogP contribution is -2.35. The number of carbonyl (C=O) groups excluding carboxylic acids is 1. The second kappa shape index (κ2) is 10.7. The summed E-state index contributed by atoms with van der Waals surface area (Å²) in [6.45, 7) is 8.93. The molecule has 7 nitrogen and oxygen atoms in total. The van der Waals surface area contributed by atoms with Crippen LogP contribution < -0.4 is 4.90 Å². The molecule has 2 aromatic heterocycles. The zero-order valence-corrected chi connectivity index (χ0v) is 23.1. The number of hydrogen-bond acceptors (Lipinski definition) is 6. The van der Waals surface area contributed by atoms with Crippen LogP contribution in [0.1, 0.15) is 43.1 Å². The highest BCUT2D eigenvalue weighted by molar-refractivity contribution is 7.91. The quantitative estimate of drug-likeness (QED) is 0.266. The Kier molecular flexibility index (Phi) is 7.82. The van der Waals surface area contributed by atoms with Crippen molar-refractivity contribution in [3.8, 4) is 0 Å². The number of aromatic nitrogens is 3. The molecule has 0 fully saturated rings. The standard InChI is InChI=1S/C26H29ClN4O3S2/c1-17(2)22-6-5-7-23-25(22)28-26(35-23)30(13-14-31-19(4)16-18(3)29-31)24(32)12-15-36(33,34)21-10-8-20(27)9-11-21/h5-11,16-17H,12-15H2,1-4H3. The number of hydrogen-bond donors (Lipinski definition) is 0. The van der Waals surface area contributed by atoms with Gasteiger partial charge in [0, 0.05) is 23.7 Å². The van der Waals surface area contributed by atoms with Crippen LogP contribution in [-0.2, 0) is 21.2 Å². The van der Waals surface area contributed by atoms with Gasteiger partial charge >= 0.3 is 0 Å². The van der Waals surface area contributed by atoms with E-state index < -0.39 is 9.84 Å². The van der Waals surface area contributed by atoms with Gasteiger partial charge in [0.2, 0.25) is 5.91 Å². The van der Waals surface area contributed by atoms with Gasteiger partial charge in [-0.2, -0.15) is 5.10 Å². The first-order chi connectivity index (χ1) is 17.0. The summed E-state index contributed by atoms with van der Waals surface area (Å²) in [6.07, 6.45) is -0.158. The number of thiazole rings is 1. The van der Waals surface area contributed by atoms with Crippen LogP contribution in [0.5, 0.6) is 0 Å². The van der Waals surface area contributed by atoms with E-state index in [1.165, 1.54) is 35.6 Å². The number of carbonyl (C=O) groups is 1. The minimum Gasteiger partial charge on any atom is -0.286 e. The molecular formula is C26H29ClN4O3S2. The van der Waals surface area contributed by atoms with E-state index in [2.05, 4.69) is 25.0 Å². The SMILES string of the molecule is Cc1cc(C)n(CCN(C(=O)CCS(=O)(=O)c2ccc(Cl)cc2)c2nc3c(C(C)C)cccc3s2)n1. The lowest BCUT2D eigenvalue weighted by Gasteiger charge is -2.20. The Morgan fingerprint density at radius 3 is 2.50 bits per heavy atom. The number of halogens is 1. The van der Waals surface area contributed by atoms with Crippen molar-refractivity contribution in [3.63, 3.8) is 0 Å². The van der Waals surface area contributed by atoms with Gasteiger partial charge in [-0.25, -0.2) is 13.4 Å². The number of rotatable bonds is 9. The predicted octanol–water partition coefficient (Wildman–Crippen LogP) is 5.78. The van der Waals surface area contributed by atoms with Crippen molar-refractivity contribution >= 4 is 54.0 Å². The van der Waals surface area contributed by atoms with Gasteiger partial charge in [0.15, 0.2) is 15.0 Å². The molecule has 2 heterocycles. The number of para-hydroxylation sites is 1. The average molecular weight is 545 g/mol. The third kappa shape index (κ3) is 5.79. The van der Waals surface area contributed by atoms with Crippen molar-refractivity contribution < 1.29 is 13.2 Å². The third-order valence-corrected chi connectivity index (χ3v) is 9.02. The molecule has 2 aromatic carbocycles. The van der Waals surface area contributed by atoms with Crippen molar-refractivity contribution in [1.29, 1.82) is 0 Å². The molecule has 1 amide bonds. The van der Waals surface area contributed by atoms with E-state index in [1.54, 1.807) is 4.90 Å². The van der Waals surface area contributed by atoms with E-state index >= 15 is 0 Å². The molecule has 0 bridgehead atoms. The molecule has 0 atom stereocenters. The van der Waals surface area contributed by atoms with Gasteiger partial charge in [-0.3, -0.25) is 14.4 Å². The summed E-state index contributed by atoms with van der Waals surface area (Å²) in [5.41, 5.74) is 3.90.